The Kier molecular flexibility index (Phi) is 3.73. The van der Waals surface area contributed by atoms with Crippen LogP contribution in [0.1, 0.15) is 26.4 Å². The molecule has 0 spiro atoms. The molecular formula is C16H14N3O2P. The lowest BCUT2D eigenvalue weighted by molar-refractivity contribution is 0.0962. The summed E-state index contributed by atoms with van der Waals surface area (Å²) in [6, 6.07) is 10.8. The Hall–Kier alpha value is -2.52. The third-order valence-electron chi connectivity index (χ3n) is 3.43. The van der Waals surface area contributed by atoms with Crippen molar-refractivity contribution in [3.05, 3.63) is 65.7 Å². The molecule has 0 saturated heterocycles. The van der Waals surface area contributed by atoms with E-state index >= 15 is 0 Å². The van der Waals surface area contributed by atoms with Gasteiger partial charge in [0.2, 0.25) is 5.78 Å². The summed E-state index contributed by atoms with van der Waals surface area (Å²) in [5.74, 6) is -0.258. The van der Waals surface area contributed by atoms with E-state index in [1.807, 2.05) is 18.2 Å². The Morgan fingerprint density at radius 3 is 2.32 bits per heavy atom. The zero-order valence-electron chi connectivity index (χ0n) is 11.9. The first-order valence-electron chi connectivity index (χ1n) is 6.68. The number of carbonyl (C=O) groups is 2. The van der Waals surface area contributed by atoms with Crippen molar-refractivity contribution in [3.8, 4) is 0 Å². The molecule has 1 aromatic heterocycles. The highest BCUT2D eigenvalue weighted by Gasteiger charge is 2.12. The van der Waals surface area contributed by atoms with Gasteiger partial charge in [0, 0.05) is 24.4 Å². The molecule has 22 heavy (non-hydrogen) atoms. The van der Waals surface area contributed by atoms with Crippen LogP contribution in [0.2, 0.25) is 0 Å². The summed E-state index contributed by atoms with van der Waals surface area (Å²) >= 11 is 0. The zero-order chi connectivity index (χ0) is 15.7. The number of hydrogen-bond donors (Lipinski definition) is 1. The molecule has 0 aliphatic heterocycles. The van der Waals surface area contributed by atoms with E-state index in [1.54, 1.807) is 42.1 Å². The van der Waals surface area contributed by atoms with E-state index in [0.29, 0.717) is 16.8 Å². The second kappa shape index (κ2) is 5.70. The highest BCUT2D eigenvalue weighted by atomic mass is 31.0. The van der Waals surface area contributed by atoms with Gasteiger partial charge in [-0.05, 0) is 38.4 Å². The lowest BCUT2D eigenvalue weighted by atomic mass is 10.0. The molecule has 0 aliphatic rings. The number of hydrogen-bond acceptors (Lipinski definition) is 3. The van der Waals surface area contributed by atoms with Crippen molar-refractivity contribution >= 4 is 31.9 Å². The van der Waals surface area contributed by atoms with Gasteiger partial charge >= 0.3 is 0 Å². The van der Waals surface area contributed by atoms with Crippen molar-refractivity contribution in [3.63, 3.8) is 0 Å². The number of nitrogens with zero attached hydrogens (tertiary/aromatic N) is 2. The predicted molar refractivity (Wildman–Crippen MR) is 88.1 cm³/mol. The van der Waals surface area contributed by atoms with Crippen molar-refractivity contribution in [1.82, 2.24) is 14.6 Å². The van der Waals surface area contributed by atoms with Gasteiger partial charge < -0.3 is 9.65 Å². The summed E-state index contributed by atoms with van der Waals surface area (Å²) in [5, 5.41) is 4.41. The number of carbonyl (C=O) groups excluding carboxylic acids is 2. The molecule has 2 aromatic carbocycles. The average Bonchev–Trinajstić information content (AvgIpc) is 2.98. The fraction of sp³-hybridized carbons (Fsp3) is 0.0625. The highest BCUT2D eigenvalue weighted by molar-refractivity contribution is 7.14. The Morgan fingerprint density at radius 1 is 1.09 bits per heavy atom. The number of rotatable bonds is 3. The lowest BCUT2D eigenvalue weighted by Crippen LogP contribution is -2.17. The number of imidazole rings is 1. The summed E-state index contributed by atoms with van der Waals surface area (Å²) in [4.78, 5) is 28.1. The van der Waals surface area contributed by atoms with Crippen LogP contribution in [0.15, 0.2) is 48.9 Å². The van der Waals surface area contributed by atoms with Crippen molar-refractivity contribution in [1.29, 1.82) is 0 Å². The highest BCUT2D eigenvalue weighted by Crippen LogP contribution is 2.20. The largest absolute Gasteiger partial charge is 0.355 e. The van der Waals surface area contributed by atoms with Crippen LogP contribution in [-0.4, -0.2) is 28.1 Å². The molecule has 0 fully saturated rings. The summed E-state index contributed by atoms with van der Waals surface area (Å²) in [5.41, 5.74) is 1.57. The van der Waals surface area contributed by atoms with Gasteiger partial charge in [0.25, 0.3) is 5.91 Å². The van der Waals surface area contributed by atoms with Gasteiger partial charge in [-0.2, -0.15) is 0 Å². The minimum absolute atomic E-state index is 0.126. The molecule has 5 nitrogen and oxygen atoms in total. The maximum atomic E-state index is 12.4. The summed E-state index contributed by atoms with van der Waals surface area (Å²) in [7, 11) is 4.03. The van der Waals surface area contributed by atoms with E-state index in [-0.39, 0.29) is 11.7 Å². The van der Waals surface area contributed by atoms with Gasteiger partial charge in [-0.3, -0.25) is 9.59 Å². The first kappa shape index (κ1) is 14.4. The number of benzene rings is 2. The standard InChI is InChI=1S/C16H14N3O2P/c1-17-16(21)13-5-3-10-6-12(4-2-11(10)7-13)15(20)14-8-19(22)9-18-14/h2-9H,22H2,1H3,(H,17,21). The Labute approximate surface area is 129 Å². The van der Waals surface area contributed by atoms with E-state index in [0.717, 1.165) is 10.8 Å². The molecule has 1 heterocycles. The number of fused-ring (bicyclic) bond motifs is 1. The minimum Gasteiger partial charge on any atom is -0.355 e. The quantitative estimate of drug-likeness (QED) is 0.596. The Balaban J connectivity index is 2.00. The topological polar surface area (TPSA) is 64.0 Å². The van der Waals surface area contributed by atoms with E-state index in [2.05, 4.69) is 19.7 Å². The predicted octanol–water partition coefficient (Wildman–Crippen LogP) is 2.27. The summed E-state index contributed by atoms with van der Waals surface area (Å²) in [6.07, 6.45) is 3.22. The van der Waals surface area contributed by atoms with Crippen LogP contribution in [-0.2, 0) is 0 Å². The van der Waals surface area contributed by atoms with Crippen LogP contribution in [0.25, 0.3) is 10.8 Å². The maximum Gasteiger partial charge on any atom is 0.251 e. The monoisotopic (exact) mass is 311 g/mol. The van der Waals surface area contributed by atoms with Crippen LogP contribution in [0.4, 0.5) is 0 Å². The van der Waals surface area contributed by atoms with Crippen LogP contribution in [0, 0.1) is 0 Å². The van der Waals surface area contributed by atoms with Crippen molar-refractivity contribution < 1.29 is 9.59 Å². The molecular weight excluding hydrogens is 297 g/mol. The fourth-order valence-corrected chi connectivity index (χ4v) is 2.48. The molecule has 1 atom stereocenters. The smallest absolute Gasteiger partial charge is 0.251 e. The van der Waals surface area contributed by atoms with E-state index < -0.39 is 0 Å². The molecule has 3 rings (SSSR count). The molecule has 6 heteroatoms. The van der Waals surface area contributed by atoms with E-state index in [9.17, 15) is 9.59 Å². The van der Waals surface area contributed by atoms with Crippen LogP contribution >= 0.6 is 9.39 Å². The number of aromatic nitrogens is 2. The molecule has 1 unspecified atom stereocenters. The number of amides is 1. The lowest BCUT2D eigenvalue weighted by Gasteiger charge is -2.04. The molecule has 1 N–H and O–H groups in total. The Bertz CT molecular complexity index is 886. The van der Waals surface area contributed by atoms with Gasteiger partial charge in [-0.25, -0.2) is 4.98 Å². The summed E-state index contributed by atoms with van der Waals surface area (Å²) < 4.78 is 1.66. The second-order valence-corrected chi connectivity index (χ2v) is 5.49. The first-order chi connectivity index (χ1) is 10.6. The second-order valence-electron chi connectivity index (χ2n) is 4.89. The molecule has 0 bridgehead atoms. The van der Waals surface area contributed by atoms with Gasteiger partial charge in [-0.1, -0.05) is 18.2 Å². The van der Waals surface area contributed by atoms with E-state index in [4.69, 9.17) is 0 Å². The third kappa shape index (κ3) is 2.63. The van der Waals surface area contributed by atoms with Crippen molar-refractivity contribution in [2.45, 2.75) is 0 Å². The molecule has 3 aromatic rings. The minimum atomic E-state index is -0.131. The normalized spacial score (nSPS) is 10.6. The molecule has 1 amide bonds. The number of nitrogens with one attached hydrogen (secondary N) is 1. The van der Waals surface area contributed by atoms with Crippen LogP contribution < -0.4 is 5.32 Å². The van der Waals surface area contributed by atoms with Crippen molar-refractivity contribution in [2.75, 3.05) is 7.05 Å². The molecule has 0 radical (unpaired) electrons. The summed E-state index contributed by atoms with van der Waals surface area (Å²) in [6.45, 7) is 0. The van der Waals surface area contributed by atoms with Gasteiger partial charge in [0.1, 0.15) is 5.69 Å². The van der Waals surface area contributed by atoms with Gasteiger partial charge in [0.05, 0.1) is 6.33 Å². The molecule has 110 valence electrons. The van der Waals surface area contributed by atoms with E-state index in [1.165, 1.54) is 0 Å². The molecule has 0 aliphatic carbocycles. The Morgan fingerprint density at radius 2 is 1.73 bits per heavy atom. The van der Waals surface area contributed by atoms with Crippen LogP contribution in [0.5, 0.6) is 0 Å². The first-order valence-corrected chi connectivity index (χ1v) is 7.20. The van der Waals surface area contributed by atoms with Gasteiger partial charge in [0.15, 0.2) is 0 Å². The number of ketones is 1. The van der Waals surface area contributed by atoms with Crippen molar-refractivity contribution in [2.24, 2.45) is 0 Å². The fourth-order valence-electron chi connectivity index (χ4n) is 2.27. The molecule has 0 saturated carbocycles. The maximum absolute atomic E-state index is 12.4. The van der Waals surface area contributed by atoms with Gasteiger partial charge in [-0.15, -0.1) is 0 Å². The third-order valence-corrected chi connectivity index (χ3v) is 3.71. The van der Waals surface area contributed by atoms with Crippen LogP contribution in [0.3, 0.4) is 0 Å². The zero-order valence-corrected chi connectivity index (χ0v) is 13.1. The SMILES string of the molecule is CNC(=O)c1ccc2cc(C(=O)c3cn(P)cn3)ccc2c1. The average molecular weight is 311 g/mol.